The summed E-state index contributed by atoms with van der Waals surface area (Å²) in [4.78, 5) is 10.9. The summed E-state index contributed by atoms with van der Waals surface area (Å²) in [5, 5.41) is 0. The Morgan fingerprint density at radius 2 is 1.91 bits per heavy atom. The maximum absolute atomic E-state index is 10.9. The molecule has 0 aliphatic rings. The smallest absolute Gasteiger partial charge is 0.228 e. The average Bonchev–Trinajstić information content (AvgIpc) is 2.01. The Bertz CT molecular complexity index is 207. The number of carbonyl (C=O) groups is 1. The van der Waals surface area contributed by atoms with Crippen LogP contribution in [0.5, 0.6) is 0 Å². The zero-order valence-corrected chi connectivity index (χ0v) is 7.40. The first-order valence-electron chi connectivity index (χ1n) is 3.90. The zero-order chi connectivity index (χ0) is 8.69. The Morgan fingerprint density at radius 1 is 1.36 bits per heavy atom. The van der Waals surface area contributed by atoms with Crippen molar-refractivity contribution < 1.29 is 4.79 Å². The van der Waals surface area contributed by atoms with Crippen LogP contribution in [-0.2, 0) is 4.79 Å². The van der Waals surface area contributed by atoms with Crippen LogP contribution in [0, 0.1) is 11.8 Å². The van der Waals surface area contributed by atoms with E-state index >= 15 is 0 Å². The minimum atomic E-state index is -0.0776. The van der Waals surface area contributed by atoms with Gasteiger partial charge in [-0.05, 0) is 31.8 Å². The fourth-order valence-corrected chi connectivity index (χ4v) is 0.799. The maximum atomic E-state index is 10.9. The highest BCUT2D eigenvalue weighted by Gasteiger charge is 1.93. The van der Waals surface area contributed by atoms with Crippen molar-refractivity contribution in [1.29, 1.82) is 0 Å². The zero-order valence-electron chi connectivity index (χ0n) is 7.40. The largest absolute Gasteiger partial charge is 0.280 e. The Balaban J connectivity index is 4.22. The number of allylic oxidation sites excluding steroid dienone is 2. The third kappa shape index (κ3) is 4.38. The second-order valence-corrected chi connectivity index (χ2v) is 2.25. The molecule has 0 heterocycles. The van der Waals surface area contributed by atoms with E-state index in [9.17, 15) is 4.79 Å². The molecule has 60 valence electrons. The van der Waals surface area contributed by atoms with E-state index < -0.39 is 0 Å². The summed E-state index contributed by atoms with van der Waals surface area (Å²) in [6.07, 6.45) is 3.51. The molecule has 0 aliphatic heterocycles. The van der Waals surface area contributed by atoms with Crippen molar-refractivity contribution in [2.75, 3.05) is 0 Å². The van der Waals surface area contributed by atoms with Gasteiger partial charge in [0.25, 0.3) is 0 Å². The van der Waals surface area contributed by atoms with Gasteiger partial charge >= 0.3 is 0 Å². The minimum absolute atomic E-state index is 0.0776. The van der Waals surface area contributed by atoms with E-state index in [1.54, 1.807) is 13.0 Å². The summed E-state index contributed by atoms with van der Waals surface area (Å²) >= 11 is 0. The number of rotatable bonds is 3. The van der Waals surface area contributed by atoms with Crippen LogP contribution in [0.1, 0.15) is 33.6 Å². The molecule has 1 nitrogen and oxygen atoms in total. The molecule has 0 radical (unpaired) electrons. The van der Waals surface area contributed by atoms with E-state index in [0.717, 1.165) is 18.4 Å². The van der Waals surface area contributed by atoms with Crippen LogP contribution in [0.2, 0.25) is 0 Å². The highest BCUT2D eigenvalue weighted by Crippen LogP contribution is 2.04. The molecule has 0 N–H and O–H groups in total. The van der Waals surface area contributed by atoms with Crippen molar-refractivity contribution in [2.45, 2.75) is 33.6 Å². The summed E-state index contributed by atoms with van der Waals surface area (Å²) in [6.45, 7) is 5.76. The lowest BCUT2D eigenvalue weighted by Crippen LogP contribution is -1.89. The summed E-state index contributed by atoms with van der Waals surface area (Å²) in [6, 6.07) is 0. The normalized spacial score (nSPS) is 7.91. The van der Waals surface area contributed by atoms with Gasteiger partial charge < -0.3 is 0 Å². The molecule has 0 amide bonds. The van der Waals surface area contributed by atoms with Gasteiger partial charge in [0.2, 0.25) is 5.78 Å². The Morgan fingerprint density at radius 3 is 2.27 bits per heavy atom. The van der Waals surface area contributed by atoms with Gasteiger partial charge in [0, 0.05) is 0 Å². The van der Waals surface area contributed by atoms with Crippen LogP contribution in [0.3, 0.4) is 0 Å². The van der Waals surface area contributed by atoms with Gasteiger partial charge in [0.1, 0.15) is 0 Å². The molecule has 0 rings (SSSR count). The number of hydrogen-bond acceptors (Lipinski definition) is 1. The topological polar surface area (TPSA) is 17.1 Å². The van der Waals surface area contributed by atoms with Gasteiger partial charge in [0.05, 0.1) is 0 Å². The van der Waals surface area contributed by atoms with E-state index in [0.29, 0.717) is 0 Å². The predicted molar refractivity (Wildman–Crippen MR) is 47.1 cm³/mol. The van der Waals surface area contributed by atoms with Gasteiger partial charge in [-0.3, -0.25) is 4.79 Å². The van der Waals surface area contributed by atoms with E-state index in [2.05, 4.69) is 11.8 Å². The van der Waals surface area contributed by atoms with Crippen LogP contribution in [0.4, 0.5) is 0 Å². The van der Waals surface area contributed by atoms with Crippen molar-refractivity contribution in [3.8, 4) is 11.8 Å². The molecular weight excluding hydrogens is 136 g/mol. The average molecular weight is 150 g/mol. The van der Waals surface area contributed by atoms with Gasteiger partial charge in [-0.25, -0.2) is 0 Å². The lowest BCUT2D eigenvalue weighted by atomic mass is 10.1. The second kappa shape index (κ2) is 5.73. The van der Waals surface area contributed by atoms with Crippen molar-refractivity contribution in [3.63, 3.8) is 0 Å². The first-order valence-corrected chi connectivity index (χ1v) is 3.90. The Hall–Kier alpha value is -1.03. The molecule has 0 aromatic carbocycles. The van der Waals surface area contributed by atoms with Crippen molar-refractivity contribution in [2.24, 2.45) is 0 Å². The summed E-state index contributed by atoms with van der Waals surface area (Å²) in [5.74, 6) is 4.98. The van der Waals surface area contributed by atoms with E-state index in [-0.39, 0.29) is 5.78 Å². The summed E-state index contributed by atoms with van der Waals surface area (Å²) in [5.41, 5.74) is 1.16. The molecular formula is C10H14O. The predicted octanol–water partition coefficient (Wildman–Crippen LogP) is 2.33. The molecule has 0 aliphatic carbocycles. The van der Waals surface area contributed by atoms with Crippen molar-refractivity contribution >= 4 is 5.78 Å². The minimum Gasteiger partial charge on any atom is -0.280 e. The van der Waals surface area contributed by atoms with E-state index in [1.807, 2.05) is 13.8 Å². The molecule has 0 spiro atoms. The molecule has 0 bridgehead atoms. The first kappa shape index (κ1) is 9.97. The lowest BCUT2D eigenvalue weighted by molar-refractivity contribution is -0.109. The first-order chi connectivity index (χ1) is 5.24. The van der Waals surface area contributed by atoms with Gasteiger partial charge in [-0.2, -0.15) is 0 Å². The molecule has 0 unspecified atom stereocenters. The lowest BCUT2D eigenvalue weighted by Gasteiger charge is -1.95. The molecule has 0 saturated carbocycles. The number of carbonyl (C=O) groups excluding carboxylic acids is 1. The number of ketones is 1. The van der Waals surface area contributed by atoms with Crippen LogP contribution < -0.4 is 0 Å². The van der Waals surface area contributed by atoms with Crippen LogP contribution in [0.15, 0.2) is 11.6 Å². The fourth-order valence-electron chi connectivity index (χ4n) is 0.799. The molecule has 0 aromatic rings. The molecule has 0 saturated heterocycles. The second-order valence-electron chi connectivity index (χ2n) is 2.25. The van der Waals surface area contributed by atoms with Crippen molar-refractivity contribution in [1.82, 2.24) is 0 Å². The van der Waals surface area contributed by atoms with Crippen molar-refractivity contribution in [3.05, 3.63) is 11.6 Å². The Kier molecular flexibility index (Phi) is 5.20. The standard InChI is InChI=1S/C10H14O/c1-4-7-10(11)8-9(5-2)6-3/h8H,5-6H2,1-3H3. The Labute approximate surface area is 68.5 Å². The van der Waals surface area contributed by atoms with Crippen LogP contribution in [0.25, 0.3) is 0 Å². The summed E-state index contributed by atoms with van der Waals surface area (Å²) < 4.78 is 0. The number of hydrogen-bond donors (Lipinski definition) is 0. The van der Waals surface area contributed by atoms with E-state index in [1.165, 1.54) is 0 Å². The monoisotopic (exact) mass is 150 g/mol. The highest BCUT2D eigenvalue weighted by molar-refractivity contribution is 6.04. The molecule has 0 atom stereocenters. The third-order valence-corrected chi connectivity index (χ3v) is 1.49. The molecule has 0 aromatic heterocycles. The highest BCUT2D eigenvalue weighted by atomic mass is 16.1. The fraction of sp³-hybridized carbons (Fsp3) is 0.500. The van der Waals surface area contributed by atoms with Crippen LogP contribution in [-0.4, -0.2) is 5.78 Å². The quantitative estimate of drug-likeness (QED) is 0.343. The van der Waals surface area contributed by atoms with Gasteiger partial charge in [0.15, 0.2) is 0 Å². The third-order valence-electron chi connectivity index (χ3n) is 1.49. The molecule has 11 heavy (non-hydrogen) atoms. The van der Waals surface area contributed by atoms with Gasteiger partial charge in [-0.15, -0.1) is 0 Å². The van der Waals surface area contributed by atoms with Gasteiger partial charge in [-0.1, -0.05) is 25.3 Å². The summed E-state index contributed by atoms with van der Waals surface area (Å²) in [7, 11) is 0. The molecule has 0 fully saturated rings. The SMILES string of the molecule is CC#CC(=O)C=C(CC)CC. The van der Waals surface area contributed by atoms with E-state index in [4.69, 9.17) is 0 Å². The van der Waals surface area contributed by atoms with Crippen LogP contribution >= 0.6 is 0 Å². The maximum Gasteiger partial charge on any atom is 0.228 e. The molecule has 1 heteroatoms.